The van der Waals surface area contributed by atoms with Crippen LogP contribution >= 0.6 is 0 Å². The van der Waals surface area contributed by atoms with Gasteiger partial charge in [0, 0.05) is 6.20 Å². The predicted octanol–water partition coefficient (Wildman–Crippen LogP) is 1.92. The van der Waals surface area contributed by atoms with E-state index in [-0.39, 0.29) is 6.10 Å². The molecule has 0 aromatic carbocycles. The summed E-state index contributed by atoms with van der Waals surface area (Å²) < 4.78 is 0. The van der Waals surface area contributed by atoms with Crippen LogP contribution in [-0.2, 0) is 6.42 Å². The Hall–Kier alpha value is -1.09. The van der Waals surface area contributed by atoms with Crippen LogP contribution in [0.2, 0.25) is 0 Å². The molecule has 0 aliphatic rings. The molecule has 3 heteroatoms. The van der Waals surface area contributed by atoms with Crippen molar-refractivity contribution in [3.63, 3.8) is 0 Å². The second-order valence-electron chi connectivity index (χ2n) is 4.34. The van der Waals surface area contributed by atoms with Gasteiger partial charge in [0.15, 0.2) is 0 Å². The van der Waals surface area contributed by atoms with Gasteiger partial charge in [-0.1, -0.05) is 13.8 Å². The molecule has 84 valence electrons. The third-order valence-corrected chi connectivity index (χ3v) is 2.78. The van der Waals surface area contributed by atoms with Crippen LogP contribution in [0.1, 0.15) is 31.4 Å². The predicted molar refractivity (Wildman–Crippen MR) is 62.6 cm³/mol. The van der Waals surface area contributed by atoms with Crippen LogP contribution in [0.4, 0.5) is 5.82 Å². The van der Waals surface area contributed by atoms with Crippen LogP contribution in [0.25, 0.3) is 0 Å². The third kappa shape index (κ3) is 3.20. The van der Waals surface area contributed by atoms with Crippen molar-refractivity contribution in [2.45, 2.75) is 39.7 Å². The topological polar surface area (TPSA) is 59.1 Å². The fraction of sp³-hybridized carbons (Fsp3) is 0.583. The van der Waals surface area contributed by atoms with Crippen molar-refractivity contribution in [2.75, 3.05) is 5.73 Å². The summed E-state index contributed by atoms with van der Waals surface area (Å²) in [5, 5.41) is 9.71. The first kappa shape index (κ1) is 12.0. The second-order valence-corrected chi connectivity index (χ2v) is 4.34. The number of nitrogen functional groups attached to an aromatic ring is 1. The van der Waals surface area contributed by atoms with Crippen LogP contribution in [0.3, 0.4) is 0 Å². The molecule has 0 saturated heterocycles. The second kappa shape index (κ2) is 5.12. The van der Waals surface area contributed by atoms with Crippen molar-refractivity contribution >= 4 is 5.82 Å². The van der Waals surface area contributed by atoms with Crippen LogP contribution < -0.4 is 5.73 Å². The number of aryl methyl sites for hydroxylation is 1. The number of hydrogen-bond donors (Lipinski definition) is 2. The van der Waals surface area contributed by atoms with E-state index in [9.17, 15) is 5.11 Å². The molecule has 1 unspecified atom stereocenters. The lowest BCUT2D eigenvalue weighted by Gasteiger charge is -2.15. The first-order valence-electron chi connectivity index (χ1n) is 5.40. The SMILES string of the molecule is Cc1ccnc(N)c1CCC(O)C(C)C. The van der Waals surface area contributed by atoms with Gasteiger partial charge < -0.3 is 10.8 Å². The summed E-state index contributed by atoms with van der Waals surface area (Å²) in [7, 11) is 0. The van der Waals surface area contributed by atoms with E-state index in [1.54, 1.807) is 6.20 Å². The molecule has 0 saturated carbocycles. The van der Waals surface area contributed by atoms with E-state index in [1.807, 2.05) is 26.8 Å². The van der Waals surface area contributed by atoms with Crippen molar-refractivity contribution < 1.29 is 5.11 Å². The van der Waals surface area contributed by atoms with Crippen LogP contribution in [-0.4, -0.2) is 16.2 Å². The highest BCUT2D eigenvalue weighted by Gasteiger charge is 2.11. The lowest BCUT2D eigenvalue weighted by molar-refractivity contribution is 0.116. The minimum Gasteiger partial charge on any atom is -0.393 e. The average Bonchev–Trinajstić information content (AvgIpc) is 2.16. The van der Waals surface area contributed by atoms with E-state index in [4.69, 9.17) is 5.73 Å². The molecule has 15 heavy (non-hydrogen) atoms. The van der Waals surface area contributed by atoms with Gasteiger partial charge in [-0.3, -0.25) is 0 Å². The van der Waals surface area contributed by atoms with Crippen LogP contribution in [0.15, 0.2) is 12.3 Å². The van der Waals surface area contributed by atoms with E-state index in [0.29, 0.717) is 11.7 Å². The molecule has 3 N–H and O–H groups in total. The van der Waals surface area contributed by atoms with Crippen molar-refractivity contribution in [1.29, 1.82) is 0 Å². The van der Waals surface area contributed by atoms with Gasteiger partial charge in [0.1, 0.15) is 5.82 Å². The highest BCUT2D eigenvalue weighted by atomic mass is 16.3. The summed E-state index contributed by atoms with van der Waals surface area (Å²) >= 11 is 0. The van der Waals surface area contributed by atoms with Crippen molar-refractivity contribution in [3.8, 4) is 0 Å². The Kier molecular flexibility index (Phi) is 4.09. The quantitative estimate of drug-likeness (QED) is 0.794. The Morgan fingerprint density at radius 1 is 1.47 bits per heavy atom. The first-order valence-corrected chi connectivity index (χ1v) is 5.40. The number of nitrogens with zero attached hydrogens (tertiary/aromatic N) is 1. The van der Waals surface area contributed by atoms with Gasteiger partial charge in [0.2, 0.25) is 0 Å². The van der Waals surface area contributed by atoms with E-state index < -0.39 is 0 Å². The minimum absolute atomic E-state index is 0.260. The number of anilines is 1. The Morgan fingerprint density at radius 2 is 2.13 bits per heavy atom. The van der Waals surface area contributed by atoms with Gasteiger partial charge in [-0.2, -0.15) is 0 Å². The van der Waals surface area contributed by atoms with Gasteiger partial charge in [0.05, 0.1) is 6.10 Å². The molecular weight excluding hydrogens is 188 g/mol. The highest BCUT2D eigenvalue weighted by molar-refractivity contribution is 5.43. The molecule has 0 bridgehead atoms. The van der Waals surface area contributed by atoms with Crippen molar-refractivity contribution in [2.24, 2.45) is 5.92 Å². The first-order chi connectivity index (χ1) is 7.02. The van der Waals surface area contributed by atoms with E-state index in [1.165, 1.54) is 0 Å². The Balaban J connectivity index is 2.65. The number of nitrogens with two attached hydrogens (primary N) is 1. The van der Waals surface area contributed by atoms with Gasteiger partial charge in [-0.15, -0.1) is 0 Å². The zero-order valence-corrected chi connectivity index (χ0v) is 9.70. The van der Waals surface area contributed by atoms with Gasteiger partial charge in [-0.25, -0.2) is 4.98 Å². The minimum atomic E-state index is -0.260. The Morgan fingerprint density at radius 3 is 2.67 bits per heavy atom. The summed E-state index contributed by atoms with van der Waals surface area (Å²) in [6.45, 7) is 6.06. The summed E-state index contributed by atoms with van der Waals surface area (Å²) in [5.74, 6) is 0.883. The normalized spacial score (nSPS) is 13.1. The summed E-state index contributed by atoms with van der Waals surface area (Å²) in [6.07, 6.45) is 3.00. The number of aliphatic hydroxyl groups excluding tert-OH is 1. The molecule has 3 nitrogen and oxygen atoms in total. The highest BCUT2D eigenvalue weighted by Crippen LogP contribution is 2.18. The van der Waals surface area contributed by atoms with Crippen LogP contribution in [0, 0.1) is 12.8 Å². The van der Waals surface area contributed by atoms with E-state index in [2.05, 4.69) is 4.98 Å². The molecule has 1 aromatic heterocycles. The third-order valence-electron chi connectivity index (χ3n) is 2.78. The average molecular weight is 208 g/mol. The van der Waals surface area contributed by atoms with Gasteiger partial charge in [0.25, 0.3) is 0 Å². The van der Waals surface area contributed by atoms with Gasteiger partial charge in [-0.05, 0) is 42.9 Å². The maximum Gasteiger partial charge on any atom is 0.126 e. The Bertz CT molecular complexity index is 303. The fourth-order valence-corrected chi connectivity index (χ4v) is 1.56. The van der Waals surface area contributed by atoms with E-state index in [0.717, 1.165) is 24.0 Å². The molecule has 0 aliphatic heterocycles. The maximum absolute atomic E-state index is 9.71. The number of pyridine rings is 1. The molecule has 1 rings (SSSR count). The molecule has 0 radical (unpaired) electrons. The molecular formula is C12H20N2O. The number of aromatic nitrogens is 1. The lowest BCUT2D eigenvalue weighted by Crippen LogP contribution is -2.16. The number of hydrogen-bond acceptors (Lipinski definition) is 3. The molecule has 0 amide bonds. The molecule has 0 aliphatic carbocycles. The zero-order valence-electron chi connectivity index (χ0n) is 9.70. The Labute approximate surface area is 91.3 Å². The fourth-order valence-electron chi connectivity index (χ4n) is 1.56. The van der Waals surface area contributed by atoms with Crippen LogP contribution in [0.5, 0.6) is 0 Å². The van der Waals surface area contributed by atoms with Crippen molar-refractivity contribution in [1.82, 2.24) is 4.98 Å². The molecule has 0 spiro atoms. The number of aliphatic hydroxyl groups is 1. The largest absolute Gasteiger partial charge is 0.393 e. The maximum atomic E-state index is 9.71. The van der Waals surface area contributed by atoms with Gasteiger partial charge >= 0.3 is 0 Å². The molecule has 1 heterocycles. The number of rotatable bonds is 4. The summed E-state index contributed by atoms with van der Waals surface area (Å²) in [6, 6.07) is 1.95. The van der Waals surface area contributed by atoms with Crippen molar-refractivity contribution in [3.05, 3.63) is 23.4 Å². The van der Waals surface area contributed by atoms with E-state index >= 15 is 0 Å². The molecule has 1 atom stereocenters. The smallest absolute Gasteiger partial charge is 0.126 e. The zero-order chi connectivity index (χ0) is 11.4. The molecule has 1 aromatic rings. The molecule has 0 fully saturated rings. The lowest BCUT2D eigenvalue weighted by atomic mass is 9.98. The summed E-state index contributed by atoms with van der Waals surface area (Å²) in [4.78, 5) is 4.06. The monoisotopic (exact) mass is 208 g/mol. The summed E-state index contributed by atoms with van der Waals surface area (Å²) in [5.41, 5.74) is 8.01. The standard InChI is InChI=1S/C12H20N2O/c1-8(2)11(15)5-4-10-9(3)6-7-14-12(10)13/h6-8,11,15H,4-5H2,1-3H3,(H2,13,14).